The van der Waals surface area contributed by atoms with Crippen LogP contribution in [-0.4, -0.2) is 52.3 Å². The Hall–Kier alpha value is -3.79. The minimum Gasteiger partial charge on any atom is -0.464 e. The summed E-state index contributed by atoms with van der Waals surface area (Å²) in [4.78, 5) is 50.3. The summed E-state index contributed by atoms with van der Waals surface area (Å²) in [6, 6.07) is 9.83. The lowest BCUT2D eigenvalue weighted by molar-refractivity contribution is -0.150. The highest BCUT2D eigenvalue weighted by atomic mass is 32.2. The number of carbonyl (C=O) groups excluding carboxylic acids is 4. The number of rotatable bonds is 7. The number of thioether (sulfide) groups is 1. The van der Waals surface area contributed by atoms with E-state index in [1.54, 1.807) is 25.1 Å². The van der Waals surface area contributed by atoms with Gasteiger partial charge in [0.2, 0.25) is 5.76 Å². The molecule has 10 heteroatoms. The zero-order valence-electron chi connectivity index (χ0n) is 18.8. The number of esters is 2. The number of amides is 2. The molecule has 1 aromatic carbocycles. The van der Waals surface area contributed by atoms with Crippen LogP contribution in [0.25, 0.3) is 17.0 Å². The van der Waals surface area contributed by atoms with E-state index in [1.165, 1.54) is 14.0 Å². The van der Waals surface area contributed by atoms with Gasteiger partial charge in [0.1, 0.15) is 11.8 Å². The van der Waals surface area contributed by atoms with Gasteiger partial charge in [0, 0.05) is 22.7 Å². The second kappa shape index (κ2) is 9.60. The van der Waals surface area contributed by atoms with Crippen LogP contribution in [-0.2, 0) is 25.6 Å². The van der Waals surface area contributed by atoms with Crippen LogP contribution < -0.4 is 0 Å². The summed E-state index contributed by atoms with van der Waals surface area (Å²) in [6.45, 7) is 3.63. The number of imide groups is 1. The normalized spacial score (nSPS) is 15.9. The molecule has 3 heterocycles. The number of furan rings is 1. The van der Waals surface area contributed by atoms with Crippen molar-refractivity contribution in [3.63, 3.8) is 0 Å². The van der Waals surface area contributed by atoms with E-state index in [0.29, 0.717) is 12.3 Å². The smallest absolute Gasteiger partial charge is 0.373 e. The molecule has 3 aromatic rings. The Labute approximate surface area is 199 Å². The quantitative estimate of drug-likeness (QED) is 0.367. The second-order valence-corrected chi connectivity index (χ2v) is 8.46. The number of benzene rings is 1. The van der Waals surface area contributed by atoms with E-state index in [1.807, 2.05) is 35.0 Å². The zero-order valence-corrected chi connectivity index (χ0v) is 19.6. The third kappa shape index (κ3) is 4.36. The highest BCUT2D eigenvalue weighted by Gasteiger charge is 2.41. The maximum absolute atomic E-state index is 12.9. The van der Waals surface area contributed by atoms with Gasteiger partial charge in [0.25, 0.3) is 11.1 Å². The van der Waals surface area contributed by atoms with E-state index < -0.39 is 29.1 Å². The molecule has 1 atom stereocenters. The summed E-state index contributed by atoms with van der Waals surface area (Å²) in [5, 5.41) is 0.346. The van der Waals surface area contributed by atoms with Crippen molar-refractivity contribution in [2.45, 2.75) is 26.4 Å². The number of fused-ring (bicyclic) bond motifs is 1. The molecule has 0 radical (unpaired) electrons. The first-order valence-electron chi connectivity index (χ1n) is 10.5. The van der Waals surface area contributed by atoms with Crippen molar-refractivity contribution in [2.24, 2.45) is 0 Å². The van der Waals surface area contributed by atoms with E-state index in [0.717, 1.165) is 33.1 Å². The number of para-hydroxylation sites is 1. The molecular formula is C24H22N2O7S. The fourth-order valence-corrected chi connectivity index (χ4v) is 4.58. The number of carbonyl (C=O) groups is 4. The van der Waals surface area contributed by atoms with Crippen molar-refractivity contribution in [3.05, 3.63) is 64.6 Å². The van der Waals surface area contributed by atoms with Gasteiger partial charge in [-0.1, -0.05) is 18.2 Å². The van der Waals surface area contributed by atoms with Crippen LogP contribution in [0.2, 0.25) is 0 Å². The topological polar surface area (TPSA) is 108 Å². The number of ether oxygens (including phenoxy) is 2. The molecule has 0 saturated carbocycles. The van der Waals surface area contributed by atoms with E-state index in [4.69, 9.17) is 9.15 Å². The Bertz CT molecular complexity index is 1320. The first-order chi connectivity index (χ1) is 16.3. The van der Waals surface area contributed by atoms with Crippen molar-refractivity contribution in [1.29, 1.82) is 0 Å². The number of hydrogen-bond acceptors (Lipinski definition) is 8. The molecule has 2 amide bonds. The summed E-state index contributed by atoms with van der Waals surface area (Å²) in [6.07, 6.45) is 3.48. The molecule has 1 aliphatic heterocycles. The summed E-state index contributed by atoms with van der Waals surface area (Å²) in [7, 11) is 1.28. The van der Waals surface area contributed by atoms with Gasteiger partial charge in [0.15, 0.2) is 0 Å². The fourth-order valence-electron chi connectivity index (χ4n) is 3.69. The number of aromatic nitrogens is 1. The van der Waals surface area contributed by atoms with Gasteiger partial charge in [-0.3, -0.25) is 14.5 Å². The monoisotopic (exact) mass is 482 g/mol. The van der Waals surface area contributed by atoms with Crippen LogP contribution >= 0.6 is 11.8 Å². The Balaban J connectivity index is 1.65. The maximum atomic E-state index is 12.9. The first-order valence-corrected chi connectivity index (χ1v) is 11.3. The molecule has 0 bridgehead atoms. The van der Waals surface area contributed by atoms with Gasteiger partial charge in [-0.25, -0.2) is 9.59 Å². The maximum Gasteiger partial charge on any atom is 0.373 e. The molecule has 1 aliphatic rings. The van der Waals surface area contributed by atoms with Crippen LogP contribution in [0, 0.1) is 0 Å². The van der Waals surface area contributed by atoms with Crippen LogP contribution in [0.4, 0.5) is 4.79 Å². The Morgan fingerprint density at radius 1 is 1.18 bits per heavy atom. The van der Waals surface area contributed by atoms with Crippen molar-refractivity contribution in [3.8, 4) is 0 Å². The SMILES string of the molecule is CCOC(=O)[C@@H](C)N1C(=O)S/C(=C/c2cn(Cc3ccc(C(=O)OC)o3)c3ccccc23)C1=O. The average molecular weight is 483 g/mol. The number of hydrogen-bond donors (Lipinski definition) is 0. The molecule has 176 valence electrons. The average Bonchev–Trinajstić information content (AvgIpc) is 3.51. The summed E-state index contributed by atoms with van der Waals surface area (Å²) in [5.41, 5.74) is 1.61. The lowest BCUT2D eigenvalue weighted by Gasteiger charge is -2.19. The minimum absolute atomic E-state index is 0.110. The van der Waals surface area contributed by atoms with Crippen molar-refractivity contribution >= 4 is 51.8 Å². The van der Waals surface area contributed by atoms with Gasteiger partial charge < -0.3 is 18.5 Å². The van der Waals surface area contributed by atoms with E-state index in [-0.39, 0.29) is 17.3 Å². The fraction of sp³-hybridized carbons (Fsp3) is 0.250. The molecule has 2 aromatic heterocycles. The lowest BCUT2D eigenvalue weighted by Crippen LogP contribution is -2.42. The molecule has 0 aliphatic carbocycles. The zero-order chi connectivity index (χ0) is 24.4. The third-order valence-corrected chi connectivity index (χ3v) is 6.20. The highest BCUT2D eigenvalue weighted by Crippen LogP contribution is 2.35. The predicted molar refractivity (Wildman–Crippen MR) is 125 cm³/mol. The number of methoxy groups -OCH3 is 1. The van der Waals surface area contributed by atoms with Gasteiger partial charge >= 0.3 is 11.9 Å². The summed E-state index contributed by atoms with van der Waals surface area (Å²) in [5.74, 6) is -1.07. The third-order valence-electron chi connectivity index (χ3n) is 5.32. The van der Waals surface area contributed by atoms with Gasteiger partial charge in [0.05, 0.1) is 25.2 Å². The van der Waals surface area contributed by atoms with Gasteiger partial charge in [-0.2, -0.15) is 0 Å². The van der Waals surface area contributed by atoms with Crippen molar-refractivity contribution in [2.75, 3.05) is 13.7 Å². The molecular weight excluding hydrogens is 460 g/mol. The molecule has 0 unspecified atom stereocenters. The van der Waals surface area contributed by atoms with Crippen LogP contribution in [0.3, 0.4) is 0 Å². The molecule has 0 spiro atoms. The molecule has 4 rings (SSSR count). The van der Waals surface area contributed by atoms with Gasteiger partial charge in [-0.15, -0.1) is 0 Å². The first kappa shape index (κ1) is 23.4. The Morgan fingerprint density at radius 3 is 2.68 bits per heavy atom. The number of nitrogens with zero attached hydrogens (tertiary/aromatic N) is 2. The molecule has 34 heavy (non-hydrogen) atoms. The Morgan fingerprint density at radius 2 is 1.94 bits per heavy atom. The molecule has 9 nitrogen and oxygen atoms in total. The van der Waals surface area contributed by atoms with E-state index >= 15 is 0 Å². The standard InChI is InChI=1S/C24H22N2O7S/c1-4-32-22(28)14(2)26-21(27)20(34-24(26)30)11-15-12-25(18-8-6-5-7-17(15)18)13-16-9-10-19(33-16)23(29)31-3/h5-12,14H,4,13H2,1-3H3/b20-11+/t14-/m1/s1. The minimum atomic E-state index is -1.01. The van der Waals surface area contributed by atoms with Crippen LogP contribution in [0.1, 0.15) is 35.7 Å². The second-order valence-electron chi connectivity index (χ2n) is 7.47. The summed E-state index contributed by atoms with van der Waals surface area (Å²) >= 11 is 0.783. The molecule has 1 saturated heterocycles. The van der Waals surface area contributed by atoms with Crippen molar-refractivity contribution < 1.29 is 33.1 Å². The molecule has 1 fully saturated rings. The highest BCUT2D eigenvalue weighted by molar-refractivity contribution is 8.18. The van der Waals surface area contributed by atoms with E-state index in [2.05, 4.69) is 4.74 Å². The van der Waals surface area contributed by atoms with Crippen molar-refractivity contribution in [1.82, 2.24) is 9.47 Å². The van der Waals surface area contributed by atoms with Gasteiger partial charge in [-0.05, 0) is 49.9 Å². The Kier molecular flexibility index (Phi) is 6.60. The van der Waals surface area contributed by atoms with E-state index in [9.17, 15) is 19.2 Å². The van der Waals surface area contributed by atoms with Crippen LogP contribution in [0.5, 0.6) is 0 Å². The summed E-state index contributed by atoms with van der Waals surface area (Å²) < 4.78 is 17.1. The lowest BCUT2D eigenvalue weighted by atomic mass is 10.1. The largest absolute Gasteiger partial charge is 0.464 e. The molecule has 0 N–H and O–H groups in total. The predicted octanol–water partition coefficient (Wildman–Crippen LogP) is 4.06. The van der Waals surface area contributed by atoms with Crippen LogP contribution in [0.15, 0.2) is 51.9 Å².